The van der Waals surface area contributed by atoms with Gasteiger partial charge in [-0.15, -0.1) is 0 Å². The summed E-state index contributed by atoms with van der Waals surface area (Å²) in [7, 11) is 0. The molecule has 0 bridgehead atoms. The van der Waals surface area contributed by atoms with Crippen molar-refractivity contribution in [2.45, 2.75) is 162 Å². The normalized spacial score (nSPS) is 11.3. The largest absolute Gasteiger partial charge is 0.218 e. The Morgan fingerprint density at radius 2 is 0.688 bits per heavy atom. The molecule has 3 nitrogen and oxygen atoms in total. The fourth-order valence-corrected chi connectivity index (χ4v) is 4.40. The number of aromatic nitrogens is 3. The lowest BCUT2D eigenvalue weighted by Crippen LogP contribution is -2.08. The van der Waals surface area contributed by atoms with Crippen molar-refractivity contribution in [3.8, 4) is 0 Å². The van der Waals surface area contributed by atoms with Crippen LogP contribution in [0.25, 0.3) is 0 Å². The molecule has 185 valence electrons. The van der Waals surface area contributed by atoms with Crippen molar-refractivity contribution in [3.05, 3.63) is 24.4 Å². The first-order chi connectivity index (χ1) is 15.8. The number of aryl methyl sites for hydroxylation is 2. The van der Waals surface area contributed by atoms with E-state index >= 15 is 0 Å². The van der Waals surface area contributed by atoms with Gasteiger partial charge in [0.25, 0.3) is 0 Å². The maximum Gasteiger partial charge on any atom is 0.132 e. The Balaban J connectivity index is 2.13. The Morgan fingerprint density at radius 3 is 1.00 bits per heavy atom. The molecule has 1 aromatic heterocycles. The van der Waals surface area contributed by atoms with Crippen LogP contribution >= 0.6 is 0 Å². The van der Waals surface area contributed by atoms with E-state index in [-0.39, 0.29) is 0 Å². The van der Waals surface area contributed by atoms with Crippen LogP contribution in [0.1, 0.15) is 160 Å². The monoisotopic (exact) mass is 444 g/mol. The lowest BCUT2D eigenvalue weighted by molar-refractivity contribution is 0.549. The Labute approximate surface area is 201 Å². The predicted octanol–water partition coefficient (Wildman–Crippen LogP) is 9.17. The van der Waals surface area contributed by atoms with Crippen molar-refractivity contribution in [2.75, 3.05) is 0 Å². The third-order valence-corrected chi connectivity index (χ3v) is 6.51. The van der Waals surface area contributed by atoms with E-state index in [2.05, 4.69) is 30.7 Å². The zero-order valence-electron chi connectivity index (χ0n) is 21.8. The van der Waals surface area contributed by atoms with Crippen molar-refractivity contribution < 1.29 is 0 Å². The second kappa shape index (κ2) is 21.8. The number of nitrogens with zero attached hydrogens (tertiary/aromatic N) is 3. The van der Waals surface area contributed by atoms with Gasteiger partial charge < -0.3 is 0 Å². The van der Waals surface area contributed by atoms with E-state index in [0.717, 1.165) is 30.3 Å². The van der Waals surface area contributed by atoms with Gasteiger partial charge in [-0.1, -0.05) is 129 Å². The van der Waals surface area contributed by atoms with Crippen LogP contribution in [0.15, 0.2) is 0 Å². The highest BCUT2D eigenvalue weighted by atomic mass is 15.0. The van der Waals surface area contributed by atoms with Crippen LogP contribution in [0.5, 0.6) is 0 Å². The fourth-order valence-electron chi connectivity index (χ4n) is 4.40. The Kier molecular flexibility index (Phi) is 19.8. The van der Waals surface area contributed by atoms with Crippen molar-refractivity contribution in [3.63, 3.8) is 0 Å². The van der Waals surface area contributed by atoms with Crippen LogP contribution in [-0.4, -0.2) is 15.0 Å². The van der Waals surface area contributed by atoms with Gasteiger partial charge in [0.2, 0.25) is 0 Å². The Bertz CT molecular complexity index is 487. The maximum atomic E-state index is 4.78. The summed E-state index contributed by atoms with van der Waals surface area (Å²) in [4.78, 5) is 14.1. The third-order valence-electron chi connectivity index (χ3n) is 6.51. The molecule has 0 saturated heterocycles. The van der Waals surface area contributed by atoms with Gasteiger partial charge in [-0.05, 0) is 19.8 Å². The van der Waals surface area contributed by atoms with Gasteiger partial charge in [0.05, 0.1) is 0 Å². The standard InChI is InChI=1S/C29H54N3/c1-4-7-9-11-13-15-17-19-21-23-25-28-30-27(6-3)31-29(32-28)26-24-22-20-18-16-14-12-10-8-5-2/h3-26H2,1-2H3. The molecule has 1 heterocycles. The molecule has 1 rings (SSSR count). The van der Waals surface area contributed by atoms with Crippen molar-refractivity contribution in [1.82, 2.24) is 15.0 Å². The number of hydrogen-bond donors (Lipinski definition) is 0. The van der Waals surface area contributed by atoms with Gasteiger partial charge in [0.1, 0.15) is 17.5 Å². The van der Waals surface area contributed by atoms with Gasteiger partial charge in [-0.2, -0.15) is 0 Å². The summed E-state index contributed by atoms with van der Waals surface area (Å²) in [5.74, 6) is 2.88. The molecule has 32 heavy (non-hydrogen) atoms. The Morgan fingerprint density at radius 1 is 0.406 bits per heavy atom. The van der Waals surface area contributed by atoms with Crippen molar-refractivity contribution in [1.29, 1.82) is 0 Å². The molecular formula is C29H54N3. The number of hydrogen-bond acceptors (Lipinski definition) is 3. The molecule has 0 aromatic carbocycles. The van der Waals surface area contributed by atoms with Crippen LogP contribution in [0.2, 0.25) is 0 Å². The second-order valence-corrected chi connectivity index (χ2v) is 9.70. The van der Waals surface area contributed by atoms with Gasteiger partial charge in [0, 0.05) is 19.3 Å². The molecule has 0 aliphatic carbocycles. The van der Waals surface area contributed by atoms with Crippen LogP contribution < -0.4 is 0 Å². The molecule has 0 spiro atoms. The fraction of sp³-hybridized carbons (Fsp3) is 0.862. The van der Waals surface area contributed by atoms with Crippen LogP contribution in [-0.2, 0) is 19.3 Å². The highest BCUT2D eigenvalue weighted by Crippen LogP contribution is 2.13. The molecule has 0 aliphatic rings. The molecule has 0 amide bonds. The first-order valence-corrected chi connectivity index (χ1v) is 14.3. The number of rotatable bonds is 23. The van der Waals surface area contributed by atoms with Crippen molar-refractivity contribution in [2.24, 2.45) is 0 Å². The highest BCUT2D eigenvalue weighted by molar-refractivity contribution is 4.99. The second-order valence-electron chi connectivity index (χ2n) is 9.70. The summed E-state index contributed by atoms with van der Waals surface area (Å²) in [5, 5.41) is 0. The molecule has 3 heteroatoms. The molecule has 1 aromatic rings. The first kappa shape index (κ1) is 29.0. The number of unbranched alkanes of at least 4 members (excludes halogenated alkanes) is 18. The van der Waals surface area contributed by atoms with E-state index in [9.17, 15) is 0 Å². The van der Waals surface area contributed by atoms with E-state index in [0.29, 0.717) is 6.42 Å². The zero-order valence-corrected chi connectivity index (χ0v) is 21.8. The minimum absolute atomic E-state index is 0.665. The molecule has 0 aliphatic heterocycles. The van der Waals surface area contributed by atoms with E-state index in [1.807, 2.05) is 0 Å². The topological polar surface area (TPSA) is 38.7 Å². The maximum absolute atomic E-state index is 4.78. The molecular weight excluding hydrogens is 390 g/mol. The predicted molar refractivity (Wildman–Crippen MR) is 140 cm³/mol. The smallest absolute Gasteiger partial charge is 0.132 e. The van der Waals surface area contributed by atoms with E-state index in [4.69, 9.17) is 4.98 Å². The zero-order chi connectivity index (χ0) is 23.1. The molecule has 0 unspecified atom stereocenters. The van der Waals surface area contributed by atoms with Gasteiger partial charge >= 0.3 is 0 Å². The quantitative estimate of drug-likeness (QED) is 0.158. The minimum Gasteiger partial charge on any atom is -0.218 e. The summed E-state index contributed by atoms with van der Waals surface area (Å²) < 4.78 is 0. The summed E-state index contributed by atoms with van der Waals surface area (Å²) in [6.45, 7) is 8.57. The first-order valence-electron chi connectivity index (χ1n) is 14.3. The average Bonchev–Trinajstić information content (AvgIpc) is 2.81. The molecule has 1 radical (unpaired) electrons. The Hall–Kier alpha value is -0.990. The minimum atomic E-state index is 0.665. The summed E-state index contributed by atoms with van der Waals surface area (Å²) in [6, 6.07) is 0. The van der Waals surface area contributed by atoms with Gasteiger partial charge in [-0.25, -0.2) is 15.0 Å². The van der Waals surface area contributed by atoms with Crippen LogP contribution in [0.4, 0.5) is 0 Å². The third kappa shape index (κ3) is 16.6. The van der Waals surface area contributed by atoms with Gasteiger partial charge in [-0.3, -0.25) is 0 Å². The molecule has 0 fully saturated rings. The summed E-state index contributed by atoms with van der Waals surface area (Å²) >= 11 is 0. The molecule has 0 saturated carbocycles. The SMILES string of the molecule is [CH2]Cc1nc(CCCCCCCCCCCC)nc(CCCCCCCCCCCC)n1. The lowest BCUT2D eigenvalue weighted by atomic mass is 10.1. The molecule has 0 N–H and O–H groups in total. The summed E-state index contributed by atoms with van der Waals surface area (Å²) in [5.41, 5.74) is 0. The van der Waals surface area contributed by atoms with Crippen LogP contribution in [0, 0.1) is 6.92 Å². The molecule has 0 atom stereocenters. The highest BCUT2D eigenvalue weighted by Gasteiger charge is 2.06. The average molecular weight is 445 g/mol. The van der Waals surface area contributed by atoms with Crippen LogP contribution in [0.3, 0.4) is 0 Å². The van der Waals surface area contributed by atoms with Gasteiger partial charge in [0.15, 0.2) is 0 Å². The van der Waals surface area contributed by atoms with E-state index in [1.54, 1.807) is 0 Å². The lowest BCUT2D eigenvalue weighted by Gasteiger charge is -2.07. The van der Waals surface area contributed by atoms with E-state index < -0.39 is 0 Å². The van der Waals surface area contributed by atoms with E-state index in [1.165, 1.54) is 128 Å². The summed E-state index contributed by atoms with van der Waals surface area (Å²) in [6.07, 6.45) is 30.0. The van der Waals surface area contributed by atoms with Crippen molar-refractivity contribution >= 4 is 0 Å².